The largest absolute Gasteiger partial charge is 0.397 e. The van der Waals surface area contributed by atoms with Crippen molar-refractivity contribution < 1.29 is 4.79 Å². The van der Waals surface area contributed by atoms with Crippen LogP contribution in [-0.4, -0.2) is 5.91 Å². The van der Waals surface area contributed by atoms with Crippen molar-refractivity contribution in [3.05, 3.63) is 36.4 Å². The molecule has 1 aromatic rings. The maximum Gasteiger partial charge on any atom is 0.248 e. The number of nitrogens with two attached hydrogens (primary N) is 1. The van der Waals surface area contributed by atoms with Crippen molar-refractivity contribution in [2.75, 3.05) is 11.1 Å². The number of hydrogen-bond donors (Lipinski definition) is 2. The Morgan fingerprint density at radius 2 is 2.15 bits per heavy atom. The van der Waals surface area contributed by atoms with Crippen molar-refractivity contribution in [3.8, 4) is 0 Å². The number of anilines is 2. The van der Waals surface area contributed by atoms with Gasteiger partial charge in [0, 0.05) is 0 Å². The van der Waals surface area contributed by atoms with Crippen LogP contribution in [0.5, 0.6) is 0 Å². The Morgan fingerprint density at radius 3 is 2.77 bits per heavy atom. The van der Waals surface area contributed by atoms with Crippen molar-refractivity contribution in [2.24, 2.45) is 0 Å². The van der Waals surface area contributed by atoms with Gasteiger partial charge in [-0.1, -0.05) is 18.2 Å². The van der Waals surface area contributed by atoms with Crippen LogP contribution in [-0.2, 0) is 4.79 Å². The van der Waals surface area contributed by atoms with E-state index in [4.69, 9.17) is 5.73 Å². The van der Waals surface area contributed by atoms with E-state index in [-0.39, 0.29) is 5.91 Å². The third kappa shape index (κ3) is 2.63. The second-order valence-corrected chi connectivity index (χ2v) is 2.58. The molecule has 0 aliphatic carbocycles. The lowest BCUT2D eigenvalue weighted by Gasteiger charge is -2.04. The van der Waals surface area contributed by atoms with E-state index in [0.29, 0.717) is 11.4 Å². The van der Waals surface area contributed by atoms with Crippen LogP contribution in [0.25, 0.3) is 0 Å². The van der Waals surface area contributed by atoms with Crippen molar-refractivity contribution in [2.45, 2.75) is 6.92 Å². The molecular formula is C10H12N2O. The van der Waals surface area contributed by atoms with Crippen molar-refractivity contribution in [1.29, 1.82) is 0 Å². The van der Waals surface area contributed by atoms with Crippen LogP contribution in [0.4, 0.5) is 11.4 Å². The molecule has 1 aromatic carbocycles. The summed E-state index contributed by atoms with van der Waals surface area (Å²) in [4.78, 5) is 11.1. The second kappa shape index (κ2) is 4.30. The average Bonchev–Trinajstić information content (AvgIpc) is 2.09. The Bertz CT molecular complexity index is 331. The highest BCUT2D eigenvalue weighted by Gasteiger charge is 1.99. The molecule has 0 aromatic heterocycles. The van der Waals surface area contributed by atoms with Gasteiger partial charge in [0.1, 0.15) is 0 Å². The first kappa shape index (κ1) is 9.32. The van der Waals surface area contributed by atoms with E-state index >= 15 is 0 Å². The molecule has 0 unspecified atom stereocenters. The highest BCUT2D eigenvalue weighted by Crippen LogP contribution is 2.16. The van der Waals surface area contributed by atoms with E-state index in [1.807, 2.05) is 12.1 Å². The fourth-order valence-corrected chi connectivity index (χ4v) is 0.937. The lowest BCUT2D eigenvalue weighted by atomic mass is 10.2. The van der Waals surface area contributed by atoms with E-state index in [0.717, 1.165) is 0 Å². The molecule has 0 heterocycles. The molecule has 0 fully saturated rings. The van der Waals surface area contributed by atoms with Crippen LogP contribution in [0, 0.1) is 0 Å². The lowest BCUT2D eigenvalue weighted by molar-refractivity contribution is -0.111. The Kier molecular flexibility index (Phi) is 3.09. The highest BCUT2D eigenvalue weighted by atomic mass is 16.1. The zero-order chi connectivity index (χ0) is 9.68. The van der Waals surface area contributed by atoms with Gasteiger partial charge >= 0.3 is 0 Å². The predicted molar refractivity (Wildman–Crippen MR) is 54.3 cm³/mol. The van der Waals surface area contributed by atoms with Crippen molar-refractivity contribution >= 4 is 17.3 Å². The SMILES string of the molecule is CC=CC(=O)Nc1ccccc1N. The van der Waals surface area contributed by atoms with E-state index in [1.54, 1.807) is 25.1 Å². The van der Waals surface area contributed by atoms with Gasteiger partial charge in [0.2, 0.25) is 5.91 Å². The predicted octanol–water partition coefficient (Wildman–Crippen LogP) is 1.78. The van der Waals surface area contributed by atoms with Gasteiger partial charge in [0.25, 0.3) is 0 Å². The first-order valence-corrected chi connectivity index (χ1v) is 4.02. The van der Waals surface area contributed by atoms with Gasteiger partial charge < -0.3 is 11.1 Å². The number of carbonyl (C=O) groups excluding carboxylic acids is 1. The summed E-state index contributed by atoms with van der Waals surface area (Å²) in [5.41, 5.74) is 6.84. The molecular weight excluding hydrogens is 164 g/mol. The summed E-state index contributed by atoms with van der Waals surface area (Å²) >= 11 is 0. The standard InChI is InChI=1S/C10H12N2O/c1-2-5-10(13)12-9-7-4-3-6-8(9)11/h2-7H,11H2,1H3,(H,12,13). The Hall–Kier alpha value is -1.77. The van der Waals surface area contributed by atoms with Crippen molar-refractivity contribution in [3.63, 3.8) is 0 Å². The topological polar surface area (TPSA) is 55.1 Å². The third-order valence-electron chi connectivity index (χ3n) is 1.54. The molecule has 0 saturated heterocycles. The van der Waals surface area contributed by atoms with Gasteiger partial charge in [0.05, 0.1) is 11.4 Å². The molecule has 1 amide bonds. The van der Waals surface area contributed by atoms with Gasteiger partial charge in [-0.15, -0.1) is 0 Å². The molecule has 3 N–H and O–H groups in total. The molecule has 0 saturated carbocycles. The van der Waals surface area contributed by atoms with Crippen LogP contribution in [0.2, 0.25) is 0 Å². The lowest BCUT2D eigenvalue weighted by Crippen LogP contribution is -2.09. The summed E-state index contributed by atoms with van der Waals surface area (Å²) in [6, 6.07) is 7.14. The Morgan fingerprint density at radius 1 is 1.46 bits per heavy atom. The van der Waals surface area contributed by atoms with Gasteiger partial charge in [-0.25, -0.2) is 0 Å². The summed E-state index contributed by atoms with van der Waals surface area (Å²) in [6.45, 7) is 1.79. The monoisotopic (exact) mass is 176 g/mol. The fraction of sp³-hybridized carbons (Fsp3) is 0.100. The third-order valence-corrected chi connectivity index (χ3v) is 1.54. The molecule has 3 heteroatoms. The zero-order valence-electron chi connectivity index (χ0n) is 7.45. The van der Waals surface area contributed by atoms with Crippen molar-refractivity contribution in [1.82, 2.24) is 0 Å². The van der Waals surface area contributed by atoms with Gasteiger partial charge in [0.15, 0.2) is 0 Å². The van der Waals surface area contributed by atoms with Gasteiger partial charge in [-0.3, -0.25) is 4.79 Å². The first-order chi connectivity index (χ1) is 6.24. The Labute approximate surface area is 77.3 Å². The maximum absolute atomic E-state index is 11.1. The van der Waals surface area contributed by atoms with Gasteiger partial charge in [-0.2, -0.15) is 0 Å². The van der Waals surface area contributed by atoms with Crippen LogP contribution < -0.4 is 11.1 Å². The molecule has 0 spiro atoms. The van der Waals surface area contributed by atoms with Gasteiger partial charge in [-0.05, 0) is 25.1 Å². The molecule has 0 aliphatic heterocycles. The Balaban J connectivity index is 2.74. The molecule has 0 aliphatic rings. The van der Waals surface area contributed by atoms with E-state index in [1.165, 1.54) is 6.08 Å². The minimum atomic E-state index is -0.166. The molecule has 0 radical (unpaired) electrons. The number of nitrogens with one attached hydrogen (secondary N) is 1. The normalized spacial score (nSPS) is 10.2. The number of rotatable bonds is 2. The number of para-hydroxylation sites is 2. The summed E-state index contributed by atoms with van der Waals surface area (Å²) in [7, 11) is 0. The smallest absolute Gasteiger partial charge is 0.248 e. The minimum Gasteiger partial charge on any atom is -0.397 e. The number of hydrogen-bond acceptors (Lipinski definition) is 2. The van der Waals surface area contributed by atoms with Crippen LogP contribution >= 0.6 is 0 Å². The maximum atomic E-state index is 11.1. The fourth-order valence-electron chi connectivity index (χ4n) is 0.937. The van der Waals surface area contributed by atoms with Crippen LogP contribution in [0.3, 0.4) is 0 Å². The van der Waals surface area contributed by atoms with Crippen LogP contribution in [0.15, 0.2) is 36.4 Å². The van der Waals surface area contributed by atoms with Crippen LogP contribution in [0.1, 0.15) is 6.92 Å². The molecule has 1 rings (SSSR count). The molecule has 68 valence electrons. The second-order valence-electron chi connectivity index (χ2n) is 2.58. The number of allylic oxidation sites excluding steroid dienone is 1. The molecule has 0 atom stereocenters. The summed E-state index contributed by atoms with van der Waals surface area (Å²) in [5.74, 6) is -0.166. The summed E-state index contributed by atoms with van der Waals surface area (Å²) < 4.78 is 0. The quantitative estimate of drug-likeness (QED) is 0.533. The summed E-state index contributed by atoms with van der Waals surface area (Å²) in [5, 5.41) is 2.66. The number of benzene rings is 1. The zero-order valence-corrected chi connectivity index (χ0v) is 7.45. The molecule has 0 bridgehead atoms. The minimum absolute atomic E-state index is 0.166. The average molecular weight is 176 g/mol. The van der Waals surface area contributed by atoms with E-state index in [9.17, 15) is 4.79 Å². The number of nitrogen functional groups attached to an aromatic ring is 1. The van der Waals surface area contributed by atoms with E-state index < -0.39 is 0 Å². The molecule has 13 heavy (non-hydrogen) atoms. The molecule has 3 nitrogen and oxygen atoms in total. The number of amides is 1. The number of carbonyl (C=O) groups is 1. The summed E-state index contributed by atoms with van der Waals surface area (Å²) in [6.07, 6.45) is 3.13. The highest BCUT2D eigenvalue weighted by molar-refractivity contribution is 6.01. The van der Waals surface area contributed by atoms with E-state index in [2.05, 4.69) is 5.32 Å². The first-order valence-electron chi connectivity index (χ1n) is 4.02.